The van der Waals surface area contributed by atoms with E-state index in [0.29, 0.717) is 33.7 Å². The number of nitrogens with zero attached hydrogens (tertiary/aromatic N) is 2. The molecule has 1 amide bonds. The number of anilines is 1. The van der Waals surface area contributed by atoms with Crippen LogP contribution in [0.3, 0.4) is 0 Å². The lowest BCUT2D eigenvalue weighted by Crippen LogP contribution is -2.14. The van der Waals surface area contributed by atoms with Gasteiger partial charge in [0.1, 0.15) is 17.4 Å². The number of carbonyl (C=O) groups excluding carboxylic acids is 1. The number of amides is 1. The molecule has 3 rings (SSSR count). The van der Waals surface area contributed by atoms with Crippen LogP contribution in [0, 0.1) is 18.3 Å². The number of ether oxygens (including phenoxy) is 1. The Balaban J connectivity index is 1.85. The van der Waals surface area contributed by atoms with Crippen molar-refractivity contribution in [3.63, 3.8) is 0 Å². The predicted octanol–water partition coefficient (Wildman–Crippen LogP) is 5.71. The Kier molecular flexibility index (Phi) is 6.83. The summed E-state index contributed by atoms with van der Waals surface area (Å²) in [6.07, 6.45) is 3.40. The topological polar surface area (TPSA) is 67.0 Å². The summed E-state index contributed by atoms with van der Waals surface area (Å²) >= 11 is 12.2. The van der Waals surface area contributed by atoms with Crippen molar-refractivity contribution in [2.45, 2.75) is 13.5 Å². The third kappa shape index (κ3) is 5.04. The normalized spacial score (nSPS) is 11.1. The van der Waals surface area contributed by atoms with Gasteiger partial charge in [-0.1, -0.05) is 35.3 Å². The van der Waals surface area contributed by atoms with E-state index in [1.165, 1.54) is 7.11 Å². The molecule has 1 aromatic heterocycles. The number of nitriles is 1. The van der Waals surface area contributed by atoms with Crippen LogP contribution >= 0.6 is 23.2 Å². The van der Waals surface area contributed by atoms with Crippen LogP contribution in [0.25, 0.3) is 6.08 Å². The van der Waals surface area contributed by atoms with Gasteiger partial charge in [-0.25, -0.2) is 0 Å². The minimum atomic E-state index is -0.515. The number of aryl methyl sites for hydroxylation is 1. The first kappa shape index (κ1) is 21.5. The first-order chi connectivity index (χ1) is 14.4. The van der Waals surface area contributed by atoms with Gasteiger partial charge < -0.3 is 14.6 Å². The van der Waals surface area contributed by atoms with E-state index >= 15 is 0 Å². The van der Waals surface area contributed by atoms with Gasteiger partial charge >= 0.3 is 0 Å². The molecule has 5 nitrogen and oxygen atoms in total. The summed E-state index contributed by atoms with van der Waals surface area (Å²) in [5.74, 6) is 0.00525. The summed E-state index contributed by atoms with van der Waals surface area (Å²) in [5, 5.41) is 13.4. The minimum Gasteiger partial charge on any atom is -0.495 e. The van der Waals surface area contributed by atoms with Crippen LogP contribution < -0.4 is 10.1 Å². The molecule has 0 saturated carbocycles. The van der Waals surface area contributed by atoms with Crippen molar-refractivity contribution in [1.82, 2.24) is 4.57 Å². The van der Waals surface area contributed by atoms with Gasteiger partial charge in [0.05, 0.1) is 12.8 Å². The van der Waals surface area contributed by atoms with Crippen LogP contribution in [0.15, 0.2) is 60.3 Å². The zero-order valence-electron chi connectivity index (χ0n) is 16.4. The number of benzene rings is 2. The second kappa shape index (κ2) is 9.53. The molecule has 0 aliphatic rings. The first-order valence-electron chi connectivity index (χ1n) is 9.08. The number of hydrogen-bond donors (Lipinski definition) is 1. The maximum atomic E-state index is 12.7. The van der Waals surface area contributed by atoms with Gasteiger partial charge in [0, 0.05) is 28.5 Å². The molecule has 30 heavy (non-hydrogen) atoms. The quantitative estimate of drug-likeness (QED) is 0.395. The van der Waals surface area contributed by atoms with Gasteiger partial charge in [-0.05, 0) is 60.5 Å². The Labute approximate surface area is 185 Å². The minimum absolute atomic E-state index is 0.0271. The number of halogens is 2. The van der Waals surface area contributed by atoms with Crippen LogP contribution in [-0.2, 0) is 11.3 Å². The SMILES string of the molecule is COc1ccc(C)cc1NC(=O)C(C#N)=Cc1cccn1Cc1ccc(Cl)cc1Cl. The van der Waals surface area contributed by atoms with Crippen LogP contribution in [-0.4, -0.2) is 17.6 Å². The zero-order valence-corrected chi connectivity index (χ0v) is 18.0. The van der Waals surface area contributed by atoms with Gasteiger partial charge in [0.2, 0.25) is 0 Å². The summed E-state index contributed by atoms with van der Waals surface area (Å²) in [6, 6.07) is 16.4. The van der Waals surface area contributed by atoms with E-state index in [9.17, 15) is 10.1 Å². The predicted molar refractivity (Wildman–Crippen MR) is 120 cm³/mol. The largest absolute Gasteiger partial charge is 0.495 e. The van der Waals surface area contributed by atoms with E-state index in [1.54, 1.807) is 30.3 Å². The molecule has 0 bridgehead atoms. The Morgan fingerprint density at radius 1 is 1.23 bits per heavy atom. The molecule has 0 fully saturated rings. The molecule has 1 heterocycles. The van der Waals surface area contributed by atoms with Gasteiger partial charge in [0.25, 0.3) is 5.91 Å². The van der Waals surface area contributed by atoms with Crippen molar-refractivity contribution in [2.24, 2.45) is 0 Å². The van der Waals surface area contributed by atoms with E-state index in [0.717, 1.165) is 11.1 Å². The van der Waals surface area contributed by atoms with Gasteiger partial charge in [-0.3, -0.25) is 4.79 Å². The van der Waals surface area contributed by atoms with E-state index in [-0.39, 0.29) is 5.57 Å². The van der Waals surface area contributed by atoms with Gasteiger partial charge in [-0.2, -0.15) is 5.26 Å². The number of carbonyl (C=O) groups is 1. The fourth-order valence-electron chi connectivity index (χ4n) is 2.94. The van der Waals surface area contributed by atoms with Crippen LogP contribution in [0.5, 0.6) is 5.75 Å². The summed E-state index contributed by atoms with van der Waals surface area (Å²) in [4.78, 5) is 12.7. The summed E-state index contributed by atoms with van der Waals surface area (Å²) in [5.41, 5.74) is 3.01. The molecule has 1 N–H and O–H groups in total. The summed E-state index contributed by atoms with van der Waals surface area (Å²) in [6.45, 7) is 2.38. The highest BCUT2D eigenvalue weighted by Gasteiger charge is 2.14. The van der Waals surface area contributed by atoms with Crippen molar-refractivity contribution >= 4 is 40.9 Å². The lowest BCUT2D eigenvalue weighted by molar-refractivity contribution is -0.112. The van der Waals surface area contributed by atoms with Crippen molar-refractivity contribution < 1.29 is 9.53 Å². The van der Waals surface area contributed by atoms with Crippen LogP contribution in [0.4, 0.5) is 5.69 Å². The summed E-state index contributed by atoms with van der Waals surface area (Å²) < 4.78 is 7.18. The molecule has 0 aliphatic carbocycles. The Hall–Kier alpha value is -3.20. The number of methoxy groups -OCH3 is 1. The van der Waals surface area contributed by atoms with E-state index in [2.05, 4.69) is 5.32 Å². The number of nitrogens with one attached hydrogen (secondary N) is 1. The fourth-order valence-corrected chi connectivity index (χ4v) is 3.41. The van der Waals surface area contributed by atoms with Crippen molar-refractivity contribution in [2.75, 3.05) is 12.4 Å². The second-order valence-corrected chi connectivity index (χ2v) is 7.47. The molecule has 0 atom stereocenters. The maximum Gasteiger partial charge on any atom is 0.266 e. The van der Waals surface area contributed by atoms with Gasteiger partial charge in [-0.15, -0.1) is 0 Å². The average Bonchev–Trinajstić information content (AvgIpc) is 3.15. The molecule has 3 aromatic rings. The Bertz CT molecular complexity index is 1160. The van der Waals surface area contributed by atoms with Crippen molar-refractivity contribution in [3.05, 3.63) is 87.2 Å². The van der Waals surface area contributed by atoms with Crippen molar-refractivity contribution in [1.29, 1.82) is 5.26 Å². The molecule has 152 valence electrons. The van der Waals surface area contributed by atoms with Gasteiger partial charge in [0.15, 0.2) is 0 Å². The maximum absolute atomic E-state index is 12.7. The Morgan fingerprint density at radius 2 is 2.03 bits per heavy atom. The highest BCUT2D eigenvalue weighted by Crippen LogP contribution is 2.26. The molecule has 7 heteroatoms. The van der Waals surface area contributed by atoms with Crippen LogP contribution in [0.1, 0.15) is 16.8 Å². The molecular formula is C23H19Cl2N3O2. The molecule has 0 radical (unpaired) electrons. The highest BCUT2D eigenvalue weighted by atomic mass is 35.5. The molecule has 0 aliphatic heterocycles. The smallest absolute Gasteiger partial charge is 0.266 e. The van der Waals surface area contributed by atoms with Crippen LogP contribution in [0.2, 0.25) is 10.0 Å². The number of hydrogen-bond acceptors (Lipinski definition) is 3. The molecular weight excluding hydrogens is 421 g/mol. The fraction of sp³-hybridized carbons (Fsp3) is 0.130. The molecule has 0 unspecified atom stereocenters. The molecule has 0 spiro atoms. The third-order valence-corrected chi connectivity index (χ3v) is 5.07. The van der Waals surface area contributed by atoms with Crippen molar-refractivity contribution in [3.8, 4) is 11.8 Å². The Morgan fingerprint density at radius 3 is 2.73 bits per heavy atom. The van der Waals surface area contributed by atoms with E-state index < -0.39 is 5.91 Å². The summed E-state index contributed by atoms with van der Waals surface area (Å²) in [7, 11) is 1.52. The lowest BCUT2D eigenvalue weighted by Gasteiger charge is -2.11. The van der Waals surface area contributed by atoms with E-state index in [1.807, 2.05) is 48.0 Å². The lowest BCUT2D eigenvalue weighted by atomic mass is 10.1. The number of rotatable bonds is 6. The third-order valence-electron chi connectivity index (χ3n) is 4.48. The number of aromatic nitrogens is 1. The zero-order chi connectivity index (χ0) is 21.7. The first-order valence-corrected chi connectivity index (χ1v) is 9.83. The van der Waals surface area contributed by atoms with E-state index in [4.69, 9.17) is 27.9 Å². The standard InChI is InChI=1S/C23H19Cl2N3O2/c1-15-5-8-22(30-2)21(10-15)27-23(29)17(13-26)11-19-4-3-9-28(19)14-16-6-7-18(24)12-20(16)25/h3-12H,14H2,1-2H3,(H,27,29). The molecule has 2 aromatic carbocycles. The highest BCUT2D eigenvalue weighted by molar-refractivity contribution is 6.35. The monoisotopic (exact) mass is 439 g/mol. The molecule has 0 saturated heterocycles. The second-order valence-electron chi connectivity index (χ2n) is 6.62. The average molecular weight is 440 g/mol.